The standard InChI is InChI=1S/C26H25NO4S/c1-17-8-12-20(13-9-17)25(29)19(3)31-26(30)22-6-4-5-7-23(22)32-16-24(28)27-21-14-10-18(2)11-15-21/h4-15,19H,16H2,1-3H3,(H,27,28). The summed E-state index contributed by atoms with van der Waals surface area (Å²) in [5.41, 5.74) is 3.69. The summed E-state index contributed by atoms with van der Waals surface area (Å²) in [7, 11) is 0. The highest BCUT2D eigenvalue weighted by Gasteiger charge is 2.22. The van der Waals surface area contributed by atoms with Crippen LogP contribution < -0.4 is 5.32 Å². The van der Waals surface area contributed by atoms with E-state index in [1.807, 2.05) is 50.2 Å². The van der Waals surface area contributed by atoms with E-state index in [0.29, 0.717) is 16.0 Å². The average Bonchev–Trinajstić information content (AvgIpc) is 2.79. The summed E-state index contributed by atoms with van der Waals surface area (Å²) in [6.45, 7) is 5.48. The third-order valence-corrected chi connectivity index (χ3v) is 5.86. The lowest BCUT2D eigenvalue weighted by Crippen LogP contribution is -2.24. The lowest BCUT2D eigenvalue weighted by molar-refractivity contribution is -0.113. The molecule has 6 heteroatoms. The van der Waals surface area contributed by atoms with Gasteiger partial charge in [-0.05, 0) is 45.0 Å². The lowest BCUT2D eigenvalue weighted by Gasteiger charge is -2.14. The van der Waals surface area contributed by atoms with Crippen LogP contribution in [0.5, 0.6) is 0 Å². The van der Waals surface area contributed by atoms with E-state index in [-0.39, 0.29) is 17.4 Å². The van der Waals surface area contributed by atoms with Gasteiger partial charge in [-0.25, -0.2) is 4.79 Å². The van der Waals surface area contributed by atoms with Crippen molar-refractivity contribution in [1.29, 1.82) is 0 Å². The number of esters is 1. The summed E-state index contributed by atoms with van der Waals surface area (Å²) in [6, 6.07) is 21.6. The van der Waals surface area contributed by atoms with E-state index in [4.69, 9.17) is 4.74 Å². The number of ether oxygens (including phenoxy) is 1. The van der Waals surface area contributed by atoms with Crippen LogP contribution in [0.25, 0.3) is 0 Å². The molecule has 1 unspecified atom stereocenters. The molecule has 1 amide bonds. The van der Waals surface area contributed by atoms with E-state index < -0.39 is 12.1 Å². The number of amides is 1. The molecule has 0 saturated heterocycles. The van der Waals surface area contributed by atoms with Gasteiger partial charge in [0.25, 0.3) is 0 Å². The maximum absolute atomic E-state index is 12.7. The Labute approximate surface area is 192 Å². The maximum Gasteiger partial charge on any atom is 0.339 e. The largest absolute Gasteiger partial charge is 0.451 e. The smallest absolute Gasteiger partial charge is 0.339 e. The van der Waals surface area contributed by atoms with Crippen molar-refractivity contribution in [1.82, 2.24) is 0 Å². The van der Waals surface area contributed by atoms with E-state index in [0.717, 1.165) is 16.8 Å². The summed E-state index contributed by atoms with van der Waals surface area (Å²) in [4.78, 5) is 38.3. The van der Waals surface area contributed by atoms with Crippen molar-refractivity contribution in [3.05, 3.63) is 95.1 Å². The van der Waals surface area contributed by atoms with Crippen LogP contribution in [0, 0.1) is 13.8 Å². The molecule has 0 saturated carbocycles. The lowest BCUT2D eigenvalue weighted by atomic mass is 10.1. The number of Topliss-reactive ketones (excluding diaryl/α,β-unsaturated/α-hetero) is 1. The second-order valence-corrected chi connectivity index (χ2v) is 8.49. The third kappa shape index (κ3) is 6.31. The summed E-state index contributed by atoms with van der Waals surface area (Å²) in [6.07, 6.45) is -0.923. The topological polar surface area (TPSA) is 72.5 Å². The van der Waals surface area contributed by atoms with E-state index in [2.05, 4.69) is 5.32 Å². The molecule has 164 valence electrons. The Morgan fingerprint density at radius 1 is 0.875 bits per heavy atom. The summed E-state index contributed by atoms with van der Waals surface area (Å²) in [5, 5.41) is 2.84. The normalized spacial score (nSPS) is 11.5. The molecular weight excluding hydrogens is 422 g/mol. The Morgan fingerprint density at radius 2 is 1.47 bits per heavy atom. The van der Waals surface area contributed by atoms with Gasteiger partial charge in [0.2, 0.25) is 11.7 Å². The molecule has 0 aliphatic carbocycles. The van der Waals surface area contributed by atoms with E-state index in [9.17, 15) is 14.4 Å². The molecule has 32 heavy (non-hydrogen) atoms. The van der Waals surface area contributed by atoms with Crippen molar-refractivity contribution in [2.45, 2.75) is 31.8 Å². The molecule has 0 radical (unpaired) electrons. The highest BCUT2D eigenvalue weighted by molar-refractivity contribution is 8.00. The van der Waals surface area contributed by atoms with Crippen LogP contribution in [0.2, 0.25) is 0 Å². The Morgan fingerprint density at radius 3 is 2.12 bits per heavy atom. The van der Waals surface area contributed by atoms with Crippen LogP contribution in [-0.4, -0.2) is 29.5 Å². The molecule has 0 aliphatic rings. The number of carbonyl (C=O) groups excluding carboxylic acids is 3. The van der Waals surface area contributed by atoms with Gasteiger partial charge in [-0.1, -0.05) is 59.7 Å². The van der Waals surface area contributed by atoms with Crippen LogP contribution in [0.1, 0.15) is 38.8 Å². The molecule has 3 rings (SSSR count). The number of anilines is 1. The van der Waals surface area contributed by atoms with Crippen molar-refractivity contribution < 1.29 is 19.1 Å². The number of benzene rings is 3. The SMILES string of the molecule is Cc1ccc(NC(=O)CSc2ccccc2C(=O)OC(C)C(=O)c2ccc(C)cc2)cc1. The van der Waals surface area contributed by atoms with Gasteiger partial charge in [0.1, 0.15) is 0 Å². The molecule has 1 atom stereocenters. The fourth-order valence-corrected chi connectivity index (χ4v) is 3.81. The molecule has 0 spiro atoms. The second-order valence-electron chi connectivity index (χ2n) is 7.48. The van der Waals surface area contributed by atoms with Crippen LogP contribution in [-0.2, 0) is 9.53 Å². The maximum atomic E-state index is 12.7. The second kappa shape index (κ2) is 10.8. The number of carbonyl (C=O) groups is 3. The monoisotopic (exact) mass is 447 g/mol. The number of hydrogen-bond acceptors (Lipinski definition) is 5. The fraction of sp³-hybridized carbons (Fsp3) is 0.192. The first-order valence-corrected chi connectivity index (χ1v) is 11.2. The number of rotatable bonds is 8. The Bertz CT molecular complexity index is 1110. The molecule has 0 bridgehead atoms. The Kier molecular flexibility index (Phi) is 7.84. The van der Waals surface area contributed by atoms with Gasteiger partial charge in [0.05, 0.1) is 11.3 Å². The van der Waals surface area contributed by atoms with Gasteiger partial charge in [-0.15, -0.1) is 11.8 Å². The van der Waals surface area contributed by atoms with E-state index >= 15 is 0 Å². The molecule has 3 aromatic rings. The highest BCUT2D eigenvalue weighted by Crippen LogP contribution is 2.24. The van der Waals surface area contributed by atoms with Crippen molar-refractivity contribution >= 4 is 35.1 Å². The number of ketones is 1. The van der Waals surface area contributed by atoms with Gasteiger partial charge in [0.15, 0.2) is 6.10 Å². The predicted molar refractivity (Wildman–Crippen MR) is 127 cm³/mol. The number of hydrogen-bond donors (Lipinski definition) is 1. The van der Waals surface area contributed by atoms with Crippen molar-refractivity contribution in [3.8, 4) is 0 Å². The fourth-order valence-electron chi connectivity index (χ4n) is 2.97. The van der Waals surface area contributed by atoms with Crippen LogP contribution in [0.4, 0.5) is 5.69 Å². The zero-order chi connectivity index (χ0) is 23.1. The predicted octanol–water partition coefficient (Wildman–Crippen LogP) is 5.46. The number of aryl methyl sites for hydroxylation is 2. The summed E-state index contributed by atoms with van der Waals surface area (Å²) >= 11 is 1.24. The molecular formula is C26H25NO4S. The zero-order valence-electron chi connectivity index (χ0n) is 18.3. The van der Waals surface area contributed by atoms with Gasteiger partial charge >= 0.3 is 5.97 Å². The minimum Gasteiger partial charge on any atom is -0.451 e. The first-order valence-electron chi connectivity index (χ1n) is 10.2. The minimum atomic E-state index is -0.923. The van der Waals surface area contributed by atoms with E-state index in [1.54, 1.807) is 43.3 Å². The van der Waals surface area contributed by atoms with Crippen molar-refractivity contribution in [3.63, 3.8) is 0 Å². The molecule has 0 aromatic heterocycles. The van der Waals surface area contributed by atoms with Crippen LogP contribution in [0.15, 0.2) is 77.7 Å². The molecule has 0 aliphatic heterocycles. The van der Waals surface area contributed by atoms with Crippen LogP contribution in [0.3, 0.4) is 0 Å². The van der Waals surface area contributed by atoms with Gasteiger partial charge in [0, 0.05) is 16.1 Å². The van der Waals surface area contributed by atoms with Gasteiger partial charge in [-0.2, -0.15) is 0 Å². The Hall–Kier alpha value is -3.38. The average molecular weight is 448 g/mol. The minimum absolute atomic E-state index is 0.135. The molecule has 0 fully saturated rings. The molecule has 1 N–H and O–H groups in total. The van der Waals surface area contributed by atoms with Crippen molar-refractivity contribution in [2.75, 3.05) is 11.1 Å². The molecule has 3 aromatic carbocycles. The quantitative estimate of drug-likeness (QED) is 0.282. The number of nitrogens with one attached hydrogen (secondary N) is 1. The molecule has 5 nitrogen and oxygen atoms in total. The third-order valence-electron chi connectivity index (χ3n) is 4.79. The summed E-state index contributed by atoms with van der Waals surface area (Å²) < 4.78 is 5.43. The number of thioether (sulfide) groups is 1. The van der Waals surface area contributed by atoms with Gasteiger partial charge < -0.3 is 10.1 Å². The van der Waals surface area contributed by atoms with Crippen molar-refractivity contribution in [2.24, 2.45) is 0 Å². The van der Waals surface area contributed by atoms with Gasteiger partial charge in [-0.3, -0.25) is 9.59 Å². The first-order chi connectivity index (χ1) is 15.3. The molecule has 0 heterocycles. The van der Waals surface area contributed by atoms with Crippen LogP contribution >= 0.6 is 11.8 Å². The summed E-state index contributed by atoms with van der Waals surface area (Å²) in [5.74, 6) is -0.901. The zero-order valence-corrected chi connectivity index (χ0v) is 19.1. The first kappa shape index (κ1) is 23.3. The van der Waals surface area contributed by atoms with E-state index in [1.165, 1.54) is 11.8 Å². The Balaban J connectivity index is 1.61. The highest BCUT2D eigenvalue weighted by atomic mass is 32.2.